The number of pyridine rings is 1. The van der Waals surface area contributed by atoms with E-state index in [1.807, 2.05) is 0 Å². The minimum Gasteiger partial charge on any atom is -0.328 e. The Balaban J connectivity index is 2.19. The van der Waals surface area contributed by atoms with Crippen LogP contribution in [0.5, 0.6) is 0 Å². The molecule has 0 saturated carbocycles. The fourth-order valence-electron chi connectivity index (χ4n) is 1.96. The smallest absolute Gasteiger partial charge is 0.247 e. The number of nitrogens with one attached hydrogen (secondary N) is 2. The van der Waals surface area contributed by atoms with Crippen LogP contribution in [0, 0.1) is 19.7 Å². The second kappa shape index (κ2) is 5.79. The van der Waals surface area contributed by atoms with E-state index >= 15 is 0 Å². The Morgan fingerprint density at radius 2 is 1.81 bits per heavy atom. The van der Waals surface area contributed by atoms with Crippen molar-refractivity contribution in [1.82, 2.24) is 9.71 Å². The zero-order chi connectivity index (χ0) is 15.6. The maximum atomic E-state index is 13.5. The summed E-state index contributed by atoms with van der Waals surface area (Å²) in [6.45, 7) is 3.30. The van der Waals surface area contributed by atoms with Crippen molar-refractivity contribution in [3.8, 4) is 0 Å². The zero-order valence-electron chi connectivity index (χ0n) is 11.6. The number of hydrogen-bond acceptors (Lipinski definition) is 3. The lowest BCUT2D eigenvalue weighted by atomic mass is 10.1. The highest BCUT2D eigenvalue weighted by Crippen LogP contribution is 2.15. The molecule has 0 fully saturated rings. The monoisotopic (exact) mass is 310 g/mol. The minimum atomic E-state index is -3.72. The third-order valence-electron chi connectivity index (χ3n) is 3.03. The lowest BCUT2D eigenvalue weighted by molar-refractivity contribution is 0.580. The van der Waals surface area contributed by atoms with Crippen LogP contribution in [0.2, 0.25) is 0 Å². The number of aryl methyl sites for hydroxylation is 2. The second-order valence-electron chi connectivity index (χ2n) is 4.76. The highest BCUT2D eigenvalue weighted by atomic mass is 32.2. The quantitative estimate of drug-likeness (QED) is 0.900. The Morgan fingerprint density at radius 3 is 2.33 bits per heavy atom. The van der Waals surface area contributed by atoms with Gasteiger partial charge in [0.1, 0.15) is 5.82 Å². The van der Waals surface area contributed by atoms with Gasteiger partial charge < -0.3 is 4.98 Å². The van der Waals surface area contributed by atoms with Crippen molar-refractivity contribution in [2.75, 3.05) is 0 Å². The molecule has 0 aliphatic heterocycles. The Bertz CT molecular complexity index is 785. The molecule has 0 saturated heterocycles. The van der Waals surface area contributed by atoms with Crippen LogP contribution in [0.15, 0.2) is 40.2 Å². The normalized spacial score (nSPS) is 11.6. The molecule has 5 nitrogen and oxygen atoms in total. The van der Waals surface area contributed by atoms with E-state index in [1.54, 1.807) is 26.0 Å². The lowest BCUT2D eigenvalue weighted by Crippen LogP contribution is -2.24. The van der Waals surface area contributed by atoms with Gasteiger partial charge in [-0.2, -0.15) is 0 Å². The molecular formula is C14H15FN2O3S. The summed E-state index contributed by atoms with van der Waals surface area (Å²) in [4.78, 5) is 13.2. The molecule has 2 N–H and O–H groups in total. The highest BCUT2D eigenvalue weighted by Gasteiger charge is 2.14. The van der Waals surface area contributed by atoms with E-state index in [1.165, 1.54) is 6.07 Å². The Labute approximate surface area is 121 Å². The van der Waals surface area contributed by atoms with E-state index in [-0.39, 0.29) is 22.8 Å². The largest absolute Gasteiger partial charge is 0.328 e. The molecule has 0 spiro atoms. The maximum absolute atomic E-state index is 13.5. The highest BCUT2D eigenvalue weighted by molar-refractivity contribution is 7.89. The van der Waals surface area contributed by atoms with Gasteiger partial charge in [0.25, 0.3) is 0 Å². The Kier molecular flexibility index (Phi) is 4.24. The molecule has 0 unspecified atom stereocenters. The van der Waals surface area contributed by atoms with Crippen LogP contribution in [-0.4, -0.2) is 13.4 Å². The predicted molar refractivity (Wildman–Crippen MR) is 77.0 cm³/mol. The molecule has 0 bridgehead atoms. The van der Waals surface area contributed by atoms with E-state index in [2.05, 4.69) is 9.71 Å². The van der Waals surface area contributed by atoms with Crippen molar-refractivity contribution in [1.29, 1.82) is 0 Å². The molecule has 1 aromatic carbocycles. The topological polar surface area (TPSA) is 79.0 Å². The van der Waals surface area contributed by atoms with Gasteiger partial charge in [0.05, 0.1) is 4.90 Å². The average molecular weight is 310 g/mol. The van der Waals surface area contributed by atoms with Crippen LogP contribution in [0.4, 0.5) is 4.39 Å². The number of aromatic nitrogens is 1. The van der Waals surface area contributed by atoms with E-state index in [0.29, 0.717) is 16.7 Å². The number of benzene rings is 1. The first-order valence-corrected chi connectivity index (χ1v) is 7.72. The number of sulfonamides is 1. The predicted octanol–water partition coefficient (Wildman–Crippen LogP) is 1.61. The first kappa shape index (κ1) is 15.4. The summed E-state index contributed by atoms with van der Waals surface area (Å²) < 4.78 is 40.0. The molecule has 0 radical (unpaired) electrons. The maximum Gasteiger partial charge on any atom is 0.247 e. The molecule has 1 aromatic heterocycles. The summed E-state index contributed by atoms with van der Waals surface area (Å²) in [5.74, 6) is -0.290. The molecule has 0 atom stereocenters. The van der Waals surface area contributed by atoms with Crippen molar-refractivity contribution in [2.24, 2.45) is 0 Å². The molecule has 1 heterocycles. The van der Waals surface area contributed by atoms with E-state index < -0.39 is 10.0 Å². The van der Waals surface area contributed by atoms with Crippen LogP contribution in [0.25, 0.3) is 0 Å². The summed E-state index contributed by atoms with van der Waals surface area (Å²) in [6.07, 6.45) is 1.13. The summed E-state index contributed by atoms with van der Waals surface area (Å²) >= 11 is 0. The molecule has 7 heteroatoms. The van der Waals surface area contributed by atoms with Gasteiger partial charge in [-0.15, -0.1) is 0 Å². The zero-order valence-corrected chi connectivity index (χ0v) is 12.4. The number of halogens is 1. The first-order chi connectivity index (χ1) is 9.79. The Hall–Kier alpha value is -1.99. The van der Waals surface area contributed by atoms with Gasteiger partial charge in [0, 0.05) is 18.8 Å². The van der Waals surface area contributed by atoms with Crippen molar-refractivity contribution in [3.63, 3.8) is 0 Å². The standard InChI is InChI=1S/C14H15FN2O3S/c1-9-5-11(6-10(2)14(9)15)7-17-21(19,20)12-3-4-13(18)16-8-12/h3-6,8,17H,7H2,1-2H3,(H,16,18). The van der Waals surface area contributed by atoms with Crippen molar-refractivity contribution < 1.29 is 12.8 Å². The lowest BCUT2D eigenvalue weighted by Gasteiger charge is -2.09. The van der Waals surface area contributed by atoms with Gasteiger partial charge >= 0.3 is 0 Å². The van der Waals surface area contributed by atoms with Crippen LogP contribution < -0.4 is 10.3 Å². The van der Waals surface area contributed by atoms with Crippen LogP contribution in [-0.2, 0) is 16.6 Å². The minimum absolute atomic E-state index is 0.0299. The molecular weight excluding hydrogens is 295 g/mol. The fourth-order valence-corrected chi connectivity index (χ4v) is 2.95. The summed E-state index contributed by atoms with van der Waals surface area (Å²) in [5.41, 5.74) is 1.22. The summed E-state index contributed by atoms with van der Waals surface area (Å²) in [5, 5.41) is 0. The fraction of sp³-hybridized carbons (Fsp3) is 0.214. The molecule has 0 amide bonds. The van der Waals surface area contributed by atoms with Crippen LogP contribution in [0.1, 0.15) is 16.7 Å². The van der Waals surface area contributed by atoms with Gasteiger partial charge in [-0.3, -0.25) is 4.79 Å². The van der Waals surface area contributed by atoms with E-state index in [0.717, 1.165) is 12.3 Å². The number of hydrogen-bond donors (Lipinski definition) is 2. The third-order valence-corrected chi connectivity index (χ3v) is 4.43. The van der Waals surface area contributed by atoms with Crippen molar-refractivity contribution >= 4 is 10.0 Å². The number of aromatic amines is 1. The van der Waals surface area contributed by atoms with Gasteiger partial charge in [-0.05, 0) is 36.6 Å². The van der Waals surface area contributed by atoms with Crippen LogP contribution in [0.3, 0.4) is 0 Å². The number of H-pyrrole nitrogens is 1. The first-order valence-electron chi connectivity index (χ1n) is 6.23. The van der Waals surface area contributed by atoms with Gasteiger partial charge in [-0.1, -0.05) is 12.1 Å². The van der Waals surface area contributed by atoms with Crippen molar-refractivity contribution in [2.45, 2.75) is 25.3 Å². The second-order valence-corrected chi connectivity index (χ2v) is 6.52. The molecule has 21 heavy (non-hydrogen) atoms. The van der Waals surface area contributed by atoms with E-state index in [4.69, 9.17) is 0 Å². The average Bonchev–Trinajstić information content (AvgIpc) is 2.43. The van der Waals surface area contributed by atoms with Crippen molar-refractivity contribution in [3.05, 3.63) is 63.3 Å². The molecule has 0 aliphatic carbocycles. The van der Waals surface area contributed by atoms with Crippen LogP contribution >= 0.6 is 0 Å². The van der Waals surface area contributed by atoms with Gasteiger partial charge in [0.15, 0.2) is 0 Å². The summed E-state index contributed by atoms with van der Waals surface area (Å²) in [7, 11) is -3.72. The SMILES string of the molecule is Cc1cc(CNS(=O)(=O)c2ccc(=O)[nH]c2)cc(C)c1F. The molecule has 2 aromatic rings. The third kappa shape index (κ3) is 3.56. The summed E-state index contributed by atoms with van der Waals surface area (Å²) in [6, 6.07) is 5.55. The van der Waals surface area contributed by atoms with E-state index in [9.17, 15) is 17.6 Å². The van der Waals surface area contributed by atoms with Gasteiger partial charge in [0.2, 0.25) is 15.6 Å². The Morgan fingerprint density at radius 1 is 1.19 bits per heavy atom. The molecule has 0 aliphatic rings. The molecule has 2 rings (SSSR count). The van der Waals surface area contributed by atoms with Gasteiger partial charge in [-0.25, -0.2) is 17.5 Å². The number of rotatable bonds is 4. The molecule has 112 valence electrons.